The molecule has 0 aliphatic carbocycles. The number of aryl methyl sites for hydroxylation is 1. The van der Waals surface area contributed by atoms with Crippen molar-refractivity contribution in [1.29, 1.82) is 0 Å². The molecule has 1 amide bonds. The number of benzene rings is 3. The topological polar surface area (TPSA) is 82.5 Å². The molecule has 3 aromatic carbocycles. The summed E-state index contributed by atoms with van der Waals surface area (Å²) in [6.07, 6.45) is 0. The molecule has 1 N–H and O–H groups in total. The van der Waals surface area contributed by atoms with Gasteiger partial charge in [0.15, 0.2) is 0 Å². The van der Waals surface area contributed by atoms with Gasteiger partial charge in [0.2, 0.25) is 5.91 Å². The minimum absolute atomic E-state index is 0.0753. The Balaban J connectivity index is 1.51. The van der Waals surface area contributed by atoms with Gasteiger partial charge in [-0.05, 0) is 55.5 Å². The van der Waals surface area contributed by atoms with E-state index < -0.39 is 5.97 Å². The van der Waals surface area contributed by atoms with E-state index in [1.807, 2.05) is 60.0 Å². The Labute approximate surface area is 185 Å². The molecule has 4 aromatic rings. The number of hydrogen-bond donors (Lipinski definition) is 1. The lowest BCUT2D eigenvalue weighted by Crippen LogP contribution is -2.20. The number of nitrogens with one attached hydrogen (secondary N) is 1. The largest absolute Gasteiger partial charge is 0.486 e. The molecule has 32 heavy (non-hydrogen) atoms. The highest BCUT2D eigenvalue weighted by Crippen LogP contribution is 2.19. The fourth-order valence-corrected chi connectivity index (χ4v) is 3.35. The van der Waals surface area contributed by atoms with Crippen LogP contribution in [0.5, 0.6) is 5.75 Å². The molecule has 0 bridgehead atoms. The molecule has 7 nitrogen and oxygen atoms in total. The van der Waals surface area contributed by atoms with E-state index in [9.17, 15) is 9.59 Å². The summed E-state index contributed by atoms with van der Waals surface area (Å²) in [5.74, 6) is 0.758. The molecule has 0 radical (unpaired) electrons. The third-order valence-corrected chi connectivity index (χ3v) is 5.01. The molecule has 162 valence electrons. The second-order valence-corrected chi connectivity index (χ2v) is 7.32. The molecule has 0 atom stereocenters. The van der Waals surface area contributed by atoms with Gasteiger partial charge in [-0.3, -0.25) is 4.79 Å². The van der Waals surface area contributed by atoms with Crippen LogP contribution in [0.1, 0.15) is 21.7 Å². The fourth-order valence-electron chi connectivity index (χ4n) is 3.35. The molecule has 1 aromatic heterocycles. The summed E-state index contributed by atoms with van der Waals surface area (Å²) in [5, 5.41) is 2.86. The lowest BCUT2D eigenvalue weighted by Gasteiger charge is -2.11. The molecular weight excluding hydrogens is 406 g/mol. The van der Waals surface area contributed by atoms with E-state index in [1.165, 1.54) is 7.11 Å². The van der Waals surface area contributed by atoms with E-state index in [4.69, 9.17) is 9.47 Å². The summed E-state index contributed by atoms with van der Waals surface area (Å²) in [6, 6.07) is 22.0. The van der Waals surface area contributed by atoms with Gasteiger partial charge in [0.05, 0.1) is 23.7 Å². The van der Waals surface area contributed by atoms with Gasteiger partial charge in [-0.25, -0.2) is 9.78 Å². The molecule has 7 heteroatoms. The normalized spacial score (nSPS) is 10.7. The number of amides is 1. The van der Waals surface area contributed by atoms with Crippen LogP contribution in [-0.2, 0) is 22.7 Å². The zero-order valence-electron chi connectivity index (χ0n) is 17.9. The number of rotatable bonds is 7. The highest BCUT2D eigenvalue weighted by Gasteiger charge is 2.15. The first kappa shape index (κ1) is 21.1. The summed E-state index contributed by atoms with van der Waals surface area (Å²) in [6.45, 7) is 2.33. The van der Waals surface area contributed by atoms with Crippen LogP contribution in [0.2, 0.25) is 0 Å². The Bertz CT molecular complexity index is 1240. The Morgan fingerprint density at radius 1 is 0.969 bits per heavy atom. The van der Waals surface area contributed by atoms with Crippen molar-refractivity contribution in [2.24, 2.45) is 0 Å². The predicted molar refractivity (Wildman–Crippen MR) is 122 cm³/mol. The molecule has 4 rings (SSSR count). The smallest absolute Gasteiger partial charge is 0.337 e. The zero-order chi connectivity index (χ0) is 22.5. The average molecular weight is 429 g/mol. The van der Waals surface area contributed by atoms with Crippen molar-refractivity contribution < 1.29 is 19.1 Å². The summed E-state index contributed by atoms with van der Waals surface area (Å²) < 4.78 is 12.4. The Hall–Kier alpha value is -4.13. The number of esters is 1. The number of methoxy groups -OCH3 is 1. The van der Waals surface area contributed by atoms with Crippen molar-refractivity contribution in [3.63, 3.8) is 0 Å². The number of hydrogen-bond acceptors (Lipinski definition) is 5. The maximum Gasteiger partial charge on any atom is 0.337 e. The molecule has 0 saturated heterocycles. The van der Waals surface area contributed by atoms with Crippen LogP contribution in [0.4, 0.5) is 5.69 Å². The Morgan fingerprint density at radius 2 is 1.69 bits per heavy atom. The average Bonchev–Trinajstić information content (AvgIpc) is 3.16. The predicted octanol–water partition coefficient (Wildman–Crippen LogP) is 4.35. The SMILES string of the molecule is COC(=O)c1ccc(NC(=O)Cn2c(COc3ccc(C)cc3)nc3ccccc32)cc1. The summed E-state index contributed by atoms with van der Waals surface area (Å²) in [4.78, 5) is 29.0. The van der Waals surface area contributed by atoms with Gasteiger partial charge in [-0.15, -0.1) is 0 Å². The highest BCUT2D eigenvalue weighted by molar-refractivity contribution is 5.93. The summed E-state index contributed by atoms with van der Waals surface area (Å²) >= 11 is 0. The van der Waals surface area contributed by atoms with Crippen LogP contribution in [0.25, 0.3) is 11.0 Å². The second-order valence-electron chi connectivity index (χ2n) is 7.32. The first-order valence-corrected chi connectivity index (χ1v) is 10.2. The standard InChI is InChI=1S/C25H23N3O4/c1-17-7-13-20(14-8-17)32-16-23-27-21-5-3-4-6-22(21)28(23)15-24(29)26-19-11-9-18(10-12-19)25(30)31-2/h3-14H,15-16H2,1-2H3,(H,26,29). The third-order valence-electron chi connectivity index (χ3n) is 5.01. The maximum atomic E-state index is 12.8. The van der Waals surface area contributed by atoms with E-state index in [0.29, 0.717) is 17.1 Å². The van der Waals surface area contributed by atoms with E-state index >= 15 is 0 Å². The lowest BCUT2D eigenvalue weighted by molar-refractivity contribution is -0.116. The van der Waals surface area contributed by atoms with Crippen molar-refractivity contribution >= 4 is 28.6 Å². The maximum absolute atomic E-state index is 12.8. The second kappa shape index (κ2) is 9.34. The Kier molecular flexibility index (Phi) is 6.17. The van der Waals surface area contributed by atoms with Gasteiger partial charge in [0.1, 0.15) is 24.7 Å². The van der Waals surface area contributed by atoms with Gasteiger partial charge in [0, 0.05) is 5.69 Å². The Morgan fingerprint density at radius 3 is 2.41 bits per heavy atom. The number of carbonyl (C=O) groups excluding carboxylic acids is 2. The molecule has 0 aliphatic rings. The van der Waals surface area contributed by atoms with E-state index in [-0.39, 0.29) is 19.1 Å². The number of fused-ring (bicyclic) bond motifs is 1. The van der Waals surface area contributed by atoms with Gasteiger partial charge in [-0.1, -0.05) is 29.8 Å². The van der Waals surface area contributed by atoms with Crippen LogP contribution in [0.3, 0.4) is 0 Å². The lowest BCUT2D eigenvalue weighted by atomic mass is 10.2. The minimum atomic E-state index is -0.425. The molecule has 0 unspecified atom stereocenters. The van der Waals surface area contributed by atoms with E-state index in [2.05, 4.69) is 10.3 Å². The summed E-state index contributed by atoms with van der Waals surface area (Å²) in [5.41, 5.74) is 3.81. The fraction of sp³-hybridized carbons (Fsp3) is 0.160. The summed E-state index contributed by atoms with van der Waals surface area (Å²) in [7, 11) is 1.33. The van der Waals surface area contributed by atoms with Crippen molar-refractivity contribution in [2.75, 3.05) is 12.4 Å². The number of aromatic nitrogens is 2. The highest BCUT2D eigenvalue weighted by atomic mass is 16.5. The number of anilines is 1. The minimum Gasteiger partial charge on any atom is -0.486 e. The molecule has 1 heterocycles. The number of para-hydroxylation sites is 2. The van der Waals surface area contributed by atoms with Crippen LogP contribution >= 0.6 is 0 Å². The van der Waals surface area contributed by atoms with Crippen molar-refractivity contribution in [2.45, 2.75) is 20.1 Å². The molecule has 0 saturated carbocycles. The monoisotopic (exact) mass is 429 g/mol. The quantitative estimate of drug-likeness (QED) is 0.442. The third kappa shape index (κ3) is 4.78. The van der Waals surface area contributed by atoms with E-state index in [0.717, 1.165) is 22.3 Å². The van der Waals surface area contributed by atoms with Gasteiger partial charge >= 0.3 is 5.97 Å². The van der Waals surface area contributed by atoms with Crippen LogP contribution < -0.4 is 10.1 Å². The molecule has 0 spiro atoms. The first-order valence-electron chi connectivity index (χ1n) is 10.2. The first-order chi connectivity index (χ1) is 15.5. The van der Waals surface area contributed by atoms with Crippen molar-refractivity contribution in [1.82, 2.24) is 9.55 Å². The van der Waals surface area contributed by atoms with Gasteiger partial charge in [0.25, 0.3) is 0 Å². The molecular formula is C25H23N3O4. The number of carbonyl (C=O) groups is 2. The molecule has 0 aliphatic heterocycles. The van der Waals surface area contributed by atoms with Crippen molar-refractivity contribution in [3.05, 3.63) is 89.7 Å². The van der Waals surface area contributed by atoms with Gasteiger partial charge < -0.3 is 19.4 Å². The van der Waals surface area contributed by atoms with Crippen LogP contribution in [-0.4, -0.2) is 28.5 Å². The van der Waals surface area contributed by atoms with Crippen LogP contribution in [0, 0.1) is 6.92 Å². The number of ether oxygens (including phenoxy) is 2. The van der Waals surface area contributed by atoms with Gasteiger partial charge in [-0.2, -0.15) is 0 Å². The zero-order valence-corrected chi connectivity index (χ0v) is 17.9. The van der Waals surface area contributed by atoms with E-state index in [1.54, 1.807) is 24.3 Å². The molecule has 0 fully saturated rings. The number of nitrogens with zero attached hydrogens (tertiary/aromatic N) is 2. The number of imidazole rings is 1. The van der Waals surface area contributed by atoms with Crippen LogP contribution in [0.15, 0.2) is 72.8 Å². The van der Waals surface area contributed by atoms with Crippen molar-refractivity contribution in [3.8, 4) is 5.75 Å².